The fourth-order valence-corrected chi connectivity index (χ4v) is 5.40. The summed E-state index contributed by atoms with van der Waals surface area (Å²) in [5.74, 6) is -0.481. The van der Waals surface area contributed by atoms with Gasteiger partial charge in [0.1, 0.15) is 11.4 Å². The van der Waals surface area contributed by atoms with Crippen molar-refractivity contribution in [2.75, 3.05) is 7.05 Å². The van der Waals surface area contributed by atoms with Gasteiger partial charge in [0, 0.05) is 23.7 Å². The van der Waals surface area contributed by atoms with Crippen LogP contribution in [0.2, 0.25) is 0 Å². The SMILES string of the molecule is CNCc1cc(-c2ccccc2F)n(S(=O)(=O)c2cccc(-c3ccc4occc4c3)c2)c1. The first-order chi connectivity index (χ1) is 16.0. The van der Waals surface area contributed by atoms with Crippen LogP contribution in [0.5, 0.6) is 0 Å². The summed E-state index contributed by atoms with van der Waals surface area (Å²) in [4.78, 5) is 0.122. The summed E-state index contributed by atoms with van der Waals surface area (Å²) in [6, 6.07) is 22.2. The lowest BCUT2D eigenvalue weighted by molar-refractivity contribution is 0.587. The van der Waals surface area contributed by atoms with Crippen molar-refractivity contribution in [2.45, 2.75) is 11.4 Å². The number of hydrogen-bond acceptors (Lipinski definition) is 4. The van der Waals surface area contributed by atoms with Gasteiger partial charge in [-0.25, -0.2) is 16.8 Å². The zero-order chi connectivity index (χ0) is 23.0. The summed E-state index contributed by atoms with van der Waals surface area (Å²) >= 11 is 0. The van der Waals surface area contributed by atoms with E-state index in [4.69, 9.17) is 4.42 Å². The summed E-state index contributed by atoms with van der Waals surface area (Å²) < 4.78 is 48.6. The third-order valence-electron chi connectivity index (χ3n) is 5.55. The van der Waals surface area contributed by atoms with E-state index in [-0.39, 0.29) is 16.2 Å². The second-order valence-electron chi connectivity index (χ2n) is 7.75. The molecule has 7 heteroatoms. The van der Waals surface area contributed by atoms with Crippen molar-refractivity contribution in [1.29, 1.82) is 0 Å². The second kappa shape index (κ2) is 8.35. The number of benzene rings is 3. The molecule has 0 saturated heterocycles. The first-order valence-electron chi connectivity index (χ1n) is 10.4. The highest BCUT2D eigenvalue weighted by Crippen LogP contribution is 2.31. The summed E-state index contributed by atoms with van der Waals surface area (Å²) in [6.45, 7) is 0.453. The van der Waals surface area contributed by atoms with Gasteiger partial charge in [0.25, 0.3) is 10.0 Å². The summed E-state index contributed by atoms with van der Waals surface area (Å²) in [5.41, 5.74) is 3.64. The van der Waals surface area contributed by atoms with Gasteiger partial charge in [-0.2, -0.15) is 0 Å². The fourth-order valence-electron chi connectivity index (χ4n) is 3.96. The zero-order valence-corrected chi connectivity index (χ0v) is 18.6. The number of hydrogen-bond donors (Lipinski definition) is 1. The largest absolute Gasteiger partial charge is 0.464 e. The Bertz CT molecular complexity index is 1570. The number of rotatable bonds is 6. The average molecular weight is 461 g/mol. The molecule has 3 aromatic carbocycles. The maximum atomic E-state index is 14.6. The van der Waals surface area contributed by atoms with Crippen molar-refractivity contribution < 1.29 is 17.2 Å². The molecule has 5 aromatic rings. The smallest absolute Gasteiger partial charge is 0.268 e. The minimum atomic E-state index is -3.99. The van der Waals surface area contributed by atoms with Crippen molar-refractivity contribution in [3.05, 3.63) is 103 Å². The molecule has 0 radical (unpaired) electrons. The molecule has 5 nitrogen and oxygen atoms in total. The molecule has 0 aliphatic rings. The quantitative estimate of drug-likeness (QED) is 0.355. The third-order valence-corrected chi connectivity index (χ3v) is 7.22. The molecule has 0 aliphatic heterocycles. The summed E-state index contributed by atoms with van der Waals surface area (Å²) in [5, 5.41) is 3.95. The Morgan fingerprint density at radius 3 is 2.58 bits per heavy atom. The number of nitrogens with one attached hydrogen (secondary N) is 1. The normalized spacial score (nSPS) is 11.8. The van der Waals surface area contributed by atoms with Crippen molar-refractivity contribution in [1.82, 2.24) is 9.29 Å². The molecule has 2 heterocycles. The predicted octanol–water partition coefficient (Wildman–Crippen LogP) is 5.66. The van der Waals surface area contributed by atoms with E-state index in [1.165, 1.54) is 12.3 Å². The molecular formula is C26H21FN2O3S. The molecule has 166 valence electrons. The molecule has 0 unspecified atom stereocenters. The number of nitrogens with zero attached hydrogens (tertiary/aromatic N) is 1. The fraction of sp³-hybridized carbons (Fsp3) is 0.0769. The highest BCUT2D eigenvalue weighted by Gasteiger charge is 2.23. The van der Waals surface area contributed by atoms with Crippen molar-refractivity contribution in [2.24, 2.45) is 0 Å². The lowest BCUT2D eigenvalue weighted by Gasteiger charge is -2.12. The van der Waals surface area contributed by atoms with Gasteiger partial charge in [0.15, 0.2) is 0 Å². The van der Waals surface area contributed by atoms with Gasteiger partial charge in [-0.1, -0.05) is 30.3 Å². The molecule has 0 saturated carbocycles. The molecule has 33 heavy (non-hydrogen) atoms. The number of fused-ring (bicyclic) bond motifs is 1. The van der Waals surface area contributed by atoms with Crippen LogP contribution in [0.4, 0.5) is 4.39 Å². The van der Waals surface area contributed by atoms with Gasteiger partial charge in [-0.15, -0.1) is 0 Å². The van der Waals surface area contributed by atoms with Crippen LogP contribution in [0.25, 0.3) is 33.4 Å². The topological polar surface area (TPSA) is 64.2 Å². The monoisotopic (exact) mass is 460 g/mol. The maximum Gasteiger partial charge on any atom is 0.268 e. The summed E-state index contributed by atoms with van der Waals surface area (Å²) in [6.07, 6.45) is 3.16. The molecule has 0 spiro atoms. The molecule has 0 atom stereocenters. The van der Waals surface area contributed by atoms with Crippen molar-refractivity contribution in [3.63, 3.8) is 0 Å². The minimum Gasteiger partial charge on any atom is -0.464 e. The van der Waals surface area contributed by atoms with Crippen molar-refractivity contribution in [3.8, 4) is 22.4 Å². The first-order valence-corrected chi connectivity index (χ1v) is 11.9. The van der Waals surface area contributed by atoms with E-state index >= 15 is 0 Å². The van der Waals surface area contributed by atoms with E-state index in [0.29, 0.717) is 6.54 Å². The molecule has 0 bridgehead atoms. The van der Waals surface area contributed by atoms with Crippen LogP contribution in [0.15, 0.2) is 101 Å². The Hall–Kier alpha value is -3.68. The van der Waals surface area contributed by atoms with E-state index in [9.17, 15) is 12.8 Å². The second-order valence-corrected chi connectivity index (χ2v) is 9.56. The van der Waals surface area contributed by atoms with Gasteiger partial charge in [0.05, 0.1) is 16.9 Å². The Morgan fingerprint density at radius 2 is 1.76 bits per heavy atom. The van der Waals surface area contributed by atoms with Gasteiger partial charge in [-0.3, -0.25) is 0 Å². The van der Waals surface area contributed by atoms with Crippen LogP contribution in [-0.2, 0) is 16.6 Å². The van der Waals surface area contributed by atoms with E-state index in [2.05, 4.69) is 5.32 Å². The molecule has 0 amide bonds. The summed E-state index contributed by atoms with van der Waals surface area (Å²) in [7, 11) is -2.22. The van der Waals surface area contributed by atoms with Crippen LogP contribution in [-0.4, -0.2) is 19.4 Å². The molecule has 1 N–H and O–H groups in total. The lowest BCUT2D eigenvalue weighted by atomic mass is 10.0. The lowest BCUT2D eigenvalue weighted by Crippen LogP contribution is -2.14. The van der Waals surface area contributed by atoms with E-state index in [0.717, 1.165) is 31.6 Å². The Labute approximate surface area is 191 Å². The van der Waals surface area contributed by atoms with Crippen LogP contribution >= 0.6 is 0 Å². The number of aromatic nitrogens is 1. The molecule has 0 aliphatic carbocycles. The van der Waals surface area contributed by atoms with E-state index in [1.54, 1.807) is 55.8 Å². The Balaban J connectivity index is 1.63. The van der Waals surface area contributed by atoms with Gasteiger partial charge in [0.2, 0.25) is 0 Å². The van der Waals surface area contributed by atoms with E-state index in [1.807, 2.05) is 30.3 Å². The molecule has 5 rings (SSSR count). The van der Waals surface area contributed by atoms with Crippen LogP contribution in [0.3, 0.4) is 0 Å². The first kappa shape index (κ1) is 21.2. The standard InChI is InChI=1S/C26H21FN2O3S/c1-28-16-18-13-25(23-7-2-3-8-24(23)27)29(17-18)33(30,31)22-6-4-5-19(15-22)20-9-10-26-21(14-20)11-12-32-26/h2-15,17,28H,16H2,1H3. The molecular weight excluding hydrogens is 439 g/mol. The van der Waals surface area contributed by atoms with Gasteiger partial charge >= 0.3 is 0 Å². The predicted molar refractivity (Wildman–Crippen MR) is 127 cm³/mol. The highest BCUT2D eigenvalue weighted by atomic mass is 32.2. The average Bonchev–Trinajstić information content (AvgIpc) is 3.47. The zero-order valence-electron chi connectivity index (χ0n) is 17.8. The highest BCUT2D eigenvalue weighted by molar-refractivity contribution is 7.90. The third kappa shape index (κ3) is 3.86. The Morgan fingerprint density at radius 1 is 0.939 bits per heavy atom. The van der Waals surface area contributed by atoms with Crippen molar-refractivity contribution >= 4 is 21.0 Å². The van der Waals surface area contributed by atoms with E-state index < -0.39 is 15.8 Å². The van der Waals surface area contributed by atoms with Crippen LogP contribution in [0.1, 0.15) is 5.56 Å². The Kier molecular flexibility index (Phi) is 5.36. The number of halogens is 1. The van der Waals surface area contributed by atoms with Gasteiger partial charge < -0.3 is 9.73 Å². The number of furan rings is 1. The molecule has 0 fully saturated rings. The molecule has 2 aromatic heterocycles. The minimum absolute atomic E-state index is 0.122. The maximum absolute atomic E-state index is 14.6. The van der Waals surface area contributed by atoms with Crippen LogP contribution in [0, 0.1) is 5.82 Å². The van der Waals surface area contributed by atoms with Gasteiger partial charge in [-0.05, 0) is 72.3 Å². The van der Waals surface area contributed by atoms with Crippen LogP contribution < -0.4 is 5.32 Å².